The number of rotatable bonds is 48. The number of primary amides is 1. The third kappa shape index (κ3) is 31.0. The number of oxime groups is 1. The standard InChI is InChI=1S/C70H106N16O15S2/c1-10-11-23-55(67(97)82-54(35-61(91)92)66(96)84-62(44(4)5)68(98)83-53(34-47-36-75-50-21-15-14-20-49(47)50)65(95)81-52(26-25-43(2)3)64(94)77-38-58(88)76-37-57(71)87)85(7)69(99)56-24-19-28-86(56)60(90)40-78-63(93)51(22-18-27-74-70(72)73-6)80-59(89)39-79-101-30-17-13-12-16-29-100-48-32-45(41-102-8)31-46(33-48)42-103-9/h14-15,20-21,31-33,36,39,44,51-56,62,75H,2,10-13,16-19,22-30,34-35,37-38,40-42H2,1,3-9H3,(H2,71,87)(H,76,88)(H,77,94)(H,78,93)(H,80,89)(H,81,95)(H,82,97)(H,83,98)(H,84,96)(H,91,92)(H3,72,73,74)/b79-39+. The van der Waals surface area contributed by atoms with Crippen molar-refractivity contribution in [3.05, 3.63) is 77.5 Å². The number of aromatic nitrogens is 1. The van der Waals surface area contributed by atoms with E-state index in [1.165, 1.54) is 30.1 Å². The smallest absolute Gasteiger partial charge is 0.305 e. The number of amides is 11. The van der Waals surface area contributed by atoms with Gasteiger partial charge in [0, 0.05) is 62.2 Å². The second-order valence-corrected chi connectivity index (χ2v) is 27.3. The van der Waals surface area contributed by atoms with Crippen LogP contribution in [0.25, 0.3) is 10.9 Å². The number of carbonyl (C=O) groups excluding carboxylic acids is 11. The Kier molecular flexibility index (Phi) is 38.6. The predicted molar refractivity (Wildman–Crippen MR) is 396 cm³/mol. The summed E-state index contributed by atoms with van der Waals surface area (Å²) in [6.45, 7) is 10.2. The number of aliphatic carboxylic acids is 1. The molecule has 0 spiro atoms. The van der Waals surface area contributed by atoms with E-state index < -0.39 is 145 Å². The zero-order valence-corrected chi connectivity index (χ0v) is 62.0. The highest BCUT2D eigenvalue weighted by molar-refractivity contribution is 7.98. The summed E-state index contributed by atoms with van der Waals surface area (Å²) >= 11 is 3.53. The van der Waals surface area contributed by atoms with Gasteiger partial charge in [0.15, 0.2) is 5.96 Å². The minimum atomic E-state index is -1.82. The number of aliphatic imine (C=N–C) groups is 1. The van der Waals surface area contributed by atoms with E-state index in [1.54, 1.807) is 74.8 Å². The van der Waals surface area contributed by atoms with Gasteiger partial charge in [-0.2, -0.15) is 23.5 Å². The van der Waals surface area contributed by atoms with Gasteiger partial charge >= 0.3 is 5.97 Å². The molecule has 1 aliphatic heterocycles. The lowest BCUT2D eigenvalue weighted by atomic mass is 9.99. The van der Waals surface area contributed by atoms with E-state index in [-0.39, 0.29) is 57.6 Å². The van der Waals surface area contributed by atoms with Crippen LogP contribution in [0.3, 0.4) is 0 Å². The molecule has 31 nitrogen and oxygen atoms in total. The van der Waals surface area contributed by atoms with Crippen LogP contribution in [0.2, 0.25) is 0 Å². The molecule has 1 aliphatic rings. The Hall–Kier alpha value is -9.40. The fourth-order valence-electron chi connectivity index (χ4n) is 11.2. The number of nitrogens with one attached hydrogen (secondary N) is 10. The Morgan fingerprint density at radius 3 is 2.03 bits per heavy atom. The molecule has 103 heavy (non-hydrogen) atoms. The van der Waals surface area contributed by atoms with Gasteiger partial charge in [0.05, 0.1) is 32.7 Å². The van der Waals surface area contributed by atoms with Gasteiger partial charge < -0.3 is 88.8 Å². The minimum Gasteiger partial charge on any atom is -0.494 e. The monoisotopic (exact) mass is 1470 g/mol. The van der Waals surface area contributed by atoms with Gasteiger partial charge in [-0.25, -0.2) is 0 Å². The highest BCUT2D eigenvalue weighted by Gasteiger charge is 2.41. The van der Waals surface area contributed by atoms with E-state index in [0.717, 1.165) is 47.6 Å². The number of aromatic amines is 1. The second kappa shape index (κ2) is 46.3. The molecule has 3 aromatic rings. The van der Waals surface area contributed by atoms with E-state index >= 15 is 0 Å². The van der Waals surface area contributed by atoms with Crippen LogP contribution >= 0.6 is 23.5 Å². The number of benzene rings is 2. The number of hydrogen-bond acceptors (Lipinski definition) is 18. The van der Waals surface area contributed by atoms with Crippen molar-refractivity contribution in [1.29, 1.82) is 0 Å². The number of nitrogens with two attached hydrogens (primary N) is 2. The van der Waals surface area contributed by atoms with Gasteiger partial charge in [0.2, 0.25) is 59.1 Å². The van der Waals surface area contributed by atoms with Crippen molar-refractivity contribution in [3.8, 4) is 5.75 Å². The largest absolute Gasteiger partial charge is 0.494 e. The molecule has 7 atom stereocenters. The van der Waals surface area contributed by atoms with E-state index in [1.807, 2.05) is 6.92 Å². The fourth-order valence-corrected chi connectivity index (χ4v) is 12.2. The number of unbranched alkanes of at least 4 members (excludes halogenated alkanes) is 4. The van der Waals surface area contributed by atoms with Crippen LogP contribution in [-0.4, -0.2) is 218 Å². The van der Waals surface area contributed by atoms with Gasteiger partial charge in [-0.15, -0.1) is 6.58 Å². The van der Waals surface area contributed by atoms with Crippen LogP contribution in [-0.2, 0) is 80.3 Å². The zero-order chi connectivity index (χ0) is 76.0. The molecule has 1 fully saturated rings. The molecule has 33 heteroatoms. The molecule has 2 heterocycles. The number of H-pyrrole nitrogens is 1. The van der Waals surface area contributed by atoms with Crippen LogP contribution < -0.4 is 64.1 Å². The van der Waals surface area contributed by atoms with Gasteiger partial charge in [-0.1, -0.05) is 68.6 Å². The molecule has 1 saturated heterocycles. The van der Waals surface area contributed by atoms with Crippen molar-refractivity contribution in [2.24, 2.45) is 27.5 Å². The molecule has 4 rings (SSSR count). The van der Waals surface area contributed by atoms with Crippen LogP contribution in [0.1, 0.15) is 134 Å². The summed E-state index contributed by atoms with van der Waals surface area (Å²) in [7, 11) is 2.85. The molecule has 568 valence electrons. The molecule has 0 radical (unpaired) electrons. The Morgan fingerprint density at radius 2 is 1.39 bits per heavy atom. The van der Waals surface area contributed by atoms with E-state index in [0.29, 0.717) is 67.3 Å². The average Bonchev–Trinajstić information content (AvgIpc) is 1.75. The summed E-state index contributed by atoms with van der Waals surface area (Å²) < 4.78 is 6.07. The molecule has 0 bridgehead atoms. The second-order valence-electron chi connectivity index (χ2n) is 25.5. The fraction of sp³-hybridized carbons (Fsp3) is 0.571. The maximum atomic E-state index is 14.6. The minimum absolute atomic E-state index is 0.0232. The lowest BCUT2D eigenvalue weighted by Crippen LogP contribution is -2.61. The molecular formula is C70H106N16O15S2. The number of nitrogens with zero attached hydrogens (tertiary/aromatic N) is 4. The average molecular weight is 1480 g/mol. The van der Waals surface area contributed by atoms with E-state index in [4.69, 9.17) is 21.0 Å². The molecule has 2 aromatic carbocycles. The van der Waals surface area contributed by atoms with Gasteiger partial charge in [-0.05, 0) is 131 Å². The van der Waals surface area contributed by atoms with Crippen molar-refractivity contribution >= 4 is 118 Å². The zero-order valence-electron chi connectivity index (χ0n) is 60.4. The predicted octanol–water partition coefficient (Wildman–Crippen LogP) is 2.15. The summed E-state index contributed by atoms with van der Waals surface area (Å²) in [5, 5.41) is 37.9. The van der Waals surface area contributed by atoms with Crippen LogP contribution in [0, 0.1) is 5.92 Å². The van der Waals surface area contributed by atoms with Crippen molar-refractivity contribution in [2.45, 2.75) is 178 Å². The first kappa shape index (κ1) is 86.0. The quantitative estimate of drug-likeness (QED) is 0.0127. The van der Waals surface area contributed by atoms with Crippen LogP contribution in [0.15, 0.2) is 71.0 Å². The van der Waals surface area contributed by atoms with Crippen LogP contribution in [0.4, 0.5) is 0 Å². The molecule has 0 saturated carbocycles. The normalized spacial score (nSPS) is 14.6. The number of fused-ring (bicyclic) bond motifs is 1. The number of carboxylic acid groups (broad SMARTS) is 1. The Labute approximate surface area is 610 Å². The summed E-state index contributed by atoms with van der Waals surface area (Å²) in [6.07, 6.45) is 11.1. The molecule has 0 aliphatic carbocycles. The molecule has 15 N–H and O–H groups in total. The summed E-state index contributed by atoms with van der Waals surface area (Å²) in [5.74, 6) is -8.12. The molecule has 1 aromatic heterocycles. The molecule has 7 unspecified atom stereocenters. The Bertz CT molecular complexity index is 3400. The number of hydrogen-bond donors (Lipinski definition) is 13. The number of likely N-dealkylation sites (tertiary alicyclic amines) is 1. The van der Waals surface area contributed by atoms with Crippen LogP contribution in [0.5, 0.6) is 5.75 Å². The topological polar surface area (TPSA) is 451 Å². The lowest BCUT2D eigenvalue weighted by Gasteiger charge is -2.33. The van der Waals surface area contributed by atoms with Gasteiger partial charge in [0.1, 0.15) is 60.9 Å². The number of carbonyl (C=O) groups is 12. The first-order valence-corrected chi connectivity index (χ1v) is 37.4. The summed E-state index contributed by atoms with van der Waals surface area (Å²) in [6, 6.07) is 4.03. The van der Waals surface area contributed by atoms with E-state index in [9.17, 15) is 62.6 Å². The number of carboxylic acids is 1. The highest BCUT2D eigenvalue weighted by Crippen LogP contribution is 2.25. The lowest BCUT2D eigenvalue weighted by molar-refractivity contribution is -0.148. The third-order valence-electron chi connectivity index (χ3n) is 16.7. The SMILES string of the molecule is C=C(C)CCC(NC(=O)C(Cc1c[nH]c2ccccc12)NC(=O)C(NC(=O)C(CC(=O)O)NC(=O)C(CCCC)N(C)C(=O)C1CCCN1C(=O)CNC(=O)C(CCCNC(N)=NC)NC(=O)/C=N/OCCCCCCOc1cc(CSC)cc(CSC)c1)C(C)C)C(=O)NCC(=O)NCC(N)=O. The van der Waals surface area contributed by atoms with Crippen molar-refractivity contribution in [1.82, 2.24) is 62.6 Å². The van der Waals surface area contributed by atoms with Crippen molar-refractivity contribution < 1.29 is 72.2 Å². The van der Waals surface area contributed by atoms with Gasteiger partial charge in [0.25, 0.3) is 5.91 Å². The first-order valence-electron chi connectivity index (χ1n) is 34.6. The number of para-hydroxylation sites is 1. The van der Waals surface area contributed by atoms with E-state index in [2.05, 4.69) is 100 Å². The van der Waals surface area contributed by atoms with Crippen molar-refractivity contribution in [3.63, 3.8) is 0 Å². The summed E-state index contributed by atoms with van der Waals surface area (Å²) in [4.78, 5) is 178. The van der Waals surface area contributed by atoms with Gasteiger partial charge in [-0.3, -0.25) is 62.5 Å². The first-order chi connectivity index (χ1) is 49.2. The number of thioether (sulfide) groups is 2. The number of allylic oxidation sites excluding steroid dienone is 1. The molecule has 11 amide bonds. The summed E-state index contributed by atoms with van der Waals surface area (Å²) in [5.41, 5.74) is 15.3. The maximum absolute atomic E-state index is 14.6. The highest BCUT2D eigenvalue weighted by atomic mass is 32.2. The number of ether oxygens (including phenoxy) is 1. The Morgan fingerprint density at radius 1 is 0.748 bits per heavy atom. The maximum Gasteiger partial charge on any atom is 0.305 e. The molecular weight excluding hydrogens is 1370 g/mol. The Balaban J connectivity index is 1.42. The van der Waals surface area contributed by atoms with Crippen molar-refractivity contribution in [2.75, 3.05) is 72.5 Å². The number of likely N-dealkylation sites (N-methyl/N-ethyl adjacent to an activating group) is 1. The third-order valence-corrected chi connectivity index (χ3v) is 18.0. The number of guanidine groups is 1.